The van der Waals surface area contributed by atoms with Gasteiger partial charge in [-0.3, -0.25) is 0 Å². The molecule has 0 N–H and O–H groups in total. The van der Waals surface area contributed by atoms with Gasteiger partial charge in [-0.25, -0.2) is 0 Å². The van der Waals surface area contributed by atoms with Gasteiger partial charge in [-0.2, -0.15) is 0 Å². The molecule has 2 heteroatoms. The van der Waals surface area contributed by atoms with Crippen molar-refractivity contribution in [3.8, 4) is 0 Å². The lowest BCUT2D eigenvalue weighted by molar-refractivity contribution is 1.25. The summed E-state index contributed by atoms with van der Waals surface area (Å²) in [7, 11) is 0. The van der Waals surface area contributed by atoms with Crippen LogP contribution in [0.3, 0.4) is 0 Å². The van der Waals surface area contributed by atoms with Gasteiger partial charge in [0.05, 0.1) is 0 Å². The normalized spacial score (nSPS) is 16.0. The predicted molar refractivity (Wildman–Crippen MR) is 141 cm³/mol. The zero-order valence-corrected chi connectivity index (χ0v) is 19.8. The van der Waals surface area contributed by atoms with Crippen LogP contribution < -0.4 is 0 Å². The van der Waals surface area contributed by atoms with Crippen LogP contribution in [0.25, 0.3) is 21.9 Å². The van der Waals surface area contributed by atoms with Crippen LogP contribution in [0.5, 0.6) is 0 Å². The molecule has 0 amide bonds. The van der Waals surface area contributed by atoms with Gasteiger partial charge >= 0.3 is 0 Å². The van der Waals surface area contributed by atoms with Crippen molar-refractivity contribution >= 4 is 45.4 Å². The van der Waals surface area contributed by atoms with Crippen LogP contribution in [0.2, 0.25) is 0 Å². The molecule has 0 spiro atoms. The fourth-order valence-corrected chi connectivity index (χ4v) is 7.28. The molecular weight excluding hydrogens is 436 g/mol. The van der Waals surface area contributed by atoms with Gasteiger partial charge in [0.2, 0.25) is 0 Å². The monoisotopic (exact) mass is 456 g/mol. The van der Waals surface area contributed by atoms with E-state index >= 15 is 0 Å². The Morgan fingerprint density at radius 2 is 1.09 bits per heavy atom. The van der Waals surface area contributed by atoms with Crippen molar-refractivity contribution in [3.05, 3.63) is 131 Å². The maximum Gasteiger partial charge on any atom is 0.0207 e. The van der Waals surface area contributed by atoms with Crippen molar-refractivity contribution in [1.29, 1.82) is 0 Å². The minimum absolute atomic E-state index is 1.29. The van der Waals surface area contributed by atoms with Crippen LogP contribution in [0.1, 0.15) is 27.8 Å². The molecule has 7 rings (SSSR count). The fraction of sp³-hybridized carbons (Fsp3) is 0.0323. The highest BCUT2D eigenvalue weighted by Crippen LogP contribution is 2.55. The fourth-order valence-electron chi connectivity index (χ4n) is 5.09. The van der Waals surface area contributed by atoms with Crippen molar-refractivity contribution in [2.24, 2.45) is 0 Å². The third kappa shape index (κ3) is 2.95. The molecule has 156 valence electrons. The zero-order chi connectivity index (χ0) is 21.9. The van der Waals surface area contributed by atoms with E-state index in [0.717, 1.165) is 0 Å². The average Bonchev–Trinajstić information content (AvgIpc) is 2.86. The summed E-state index contributed by atoms with van der Waals surface area (Å²) in [5.41, 5.74) is 9.37. The van der Waals surface area contributed by atoms with Gasteiger partial charge in [-0.05, 0) is 64.2 Å². The summed E-state index contributed by atoms with van der Waals surface area (Å²) >= 11 is 3.78. The molecule has 2 aliphatic heterocycles. The highest BCUT2D eigenvalue weighted by Gasteiger charge is 2.30. The Bertz CT molecular complexity index is 1620. The highest BCUT2D eigenvalue weighted by atomic mass is 32.2. The lowest BCUT2D eigenvalue weighted by Crippen LogP contribution is -2.07. The lowest BCUT2D eigenvalue weighted by atomic mass is 9.83. The Morgan fingerprint density at radius 1 is 0.485 bits per heavy atom. The molecule has 2 aliphatic rings. The summed E-state index contributed by atoms with van der Waals surface area (Å²) in [6, 6.07) is 38.1. The van der Waals surface area contributed by atoms with Crippen LogP contribution >= 0.6 is 23.5 Å². The number of fused-ring (bicyclic) bond motifs is 6. The summed E-state index contributed by atoms with van der Waals surface area (Å²) in [6.07, 6.45) is 0. The number of hydrogen-bond donors (Lipinski definition) is 0. The van der Waals surface area contributed by atoms with E-state index in [0.29, 0.717) is 0 Å². The van der Waals surface area contributed by atoms with Gasteiger partial charge in [0, 0.05) is 30.7 Å². The summed E-state index contributed by atoms with van der Waals surface area (Å²) in [6.45, 7) is 2.20. The standard InChI is InChI=1S/C31H20S2/c1-19-14-16-27-24(18-19)29(22-10-4-6-12-25(22)32-27)31-23-11-5-7-13-26(23)33-28-17-15-20-8-2-3-9-21(20)30(28)31/h2-18H,1H3/b31-29-. The SMILES string of the molecule is Cc1ccc2c(c1)/C(=C1/c3ccccc3Sc3ccc4ccccc4c31)c1ccccc1S2. The average molecular weight is 457 g/mol. The van der Waals surface area contributed by atoms with E-state index < -0.39 is 0 Å². The third-order valence-electron chi connectivity index (χ3n) is 6.55. The minimum Gasteiger partial charge on any atom is -0.0888 e. The van der Waals surface area contributed by atoms with Gasteiger partial charge < -0.3 is 0 Å². The highest BCUT2D eigenvalue weighted by molar-refractivity contribution is 8.00. The molecule has 0 aliphatic carbocycles. The summed E-state index contributed by atoms with van der Waals surface area (Å²) in [5, 5.41) is 2.61. The van der Waals surface area contributed by atoms with Crippen LogP contribution in [0.4, 0.5) is 0 Å². The molecule has 0 atom stereocenters. The Hall–Kier alpha value is -3.20. The van der Waals surface area contributed by atoms with Crippen LogP contribution in [0, 0.1) is 6.92 Å². The molecular formula is C31H20S2. The van der Waals surface area contributed by atoms with Crippen molar-refractivity contribution in [2.45, 2.75) is 26.5 Å². The second-order valence-corrected chi connectivity index (χ2v) is 10.8. The van der Waals surface area contributed by atoms with Gasteiger partial charge in [0.25, 0.3) is 0 Å². The molecule has 0 aromatic heterocycles. The van der Waals surface area contributed by atoms with Crippen LogP contribution in [-0.4, -0.2) is 0 Å². The first-order valence-corrected chi connectivity index (χ1v) is 12.8. The largest absolute Gasteiger partial charge is 0.0888 e. The second-order valence-electron chi connectivity index (χ2n) is 8.61. The first kappa shape index (κ1) is 19.3. The number of benzene rings is 5. The van der Waals surface area contributed by atoms with Gasteiger partial charge in [0.1, 0.15) is 0 Å². The molecule has 0 radical (unpaired) electrons. The first-order valence-electron chi connectivity index (χ1n) is 11.2. The maximum atomic E-state index is 2.37. The van der Waals surface area contributed by atoms with Gasteiger partial charge in [0.15, 0.2) is 0 Å². The Balaban J connectivity index is 1.71. The van der Waals surface area contributed by atoms with Crippen molar-refractivity contribution in [3.63, 3.8) is 0 Å². The Morgan fingerprint density at radius 3 is 1.91 bits per heavy atom. The molecule has 0 nitrogen and oxygen atoms in total. The molecule has 2 heterocycles. The van der Waals surface area contributed by atoms with E-state index in [2.05, 4.69) is 110 Å². The van der Waals surface area contributed by atoms with E-state index in [1.54, 1.807) is 0 Å². The molecule has 0 saturated heterocycles. The Kier molecular flexibility index (Phi) is 4.33. The summed E-state index contributed by atoms with van der Waals surface area (Å²) in [5.74, 6) is 0. The van der Waals surface area contributed by atoms with E-state index in [1.165, 1.54) is 69.3 Å². The quantitative estimate of drug-likeness (QED) is 0.223. The van der Waals surface area contributed by atoms with E-state index in [1.807, 2.05) is 23.5 Å². The van der Waals surface area contributed by atoms with Crippen molar-refractivity contribution in [1.82, 2.24) is 0 Å². The zero-order valence-electron chi connectivity index (χ0n) is 18.1. The van der Waals surface area contributed by atoms with Crippen molar-refractivity contribution < 1.29 is 0 Å². The first-order chi connectivity index (χ1) is 16.3. The van der Waals surface area contributed by atoms with Crippen LogP contribution in [-0.2, 0) is 0 Å². The summed E-state index contributed by atoms with van der Waals surface area (Å²) < 4.78 is 0. The number of hydrogen-bond acceptors (Lipinski definition) is 2. The molecule has 0 fully saturated rings. The molecule has 0 unspecified atom stereocenters. The maximum absolute atomic E-state index is 2.37. The van der Waals surface area contributed by atoms with E-state index in [-0.39, 0.29) is 0 Å². The predicted octanol–water partition coefficient (Wildman–Crippen LogP) is 9.08. The summed E-state index contributed by atoms with van der Waals surface area (Å²) in [4.78, 5) is 5.32. The molecule has 0 bridgehead atoms. The topological polar surface area (TPSA) is 0 Å². The number of aryl methyl sites for hydroxylation is 1. The molecule has 5 aromatic carbocycles. The third-order valence-corrected chi connectivity index (χ3v) is 8.84. The van der Waals surface area contributed by atoms with E-state index in [9.17, 15) is 0 Å². The molecule has 33 heavy (non-hydrogen) atoms. The lowest BCUT2D eigenvalue weighted by Gasteiger charge is -2.30. The van der Waals surface area contributed by atoms with Gasteiger partial charge in [-0.15, -0.1) is 0 Å². The van der Waals surface area contributed by atoms with Crippen molar-refractivity contribution in [2.75, 3.05) is 0 Å². The molecule has 0 saturated carbocycles. The smallest absolute Gasteiger partial charge is 0.0207 e. The Labute approximate surface area is 202 Å². The molecule has 5 aromatic rings. The van der Waals surface area contributed by atoms with Crippen LogP contribution in [0.15, 0.2) is 123 Å². The minimum atomic E-state index is 1.29. The second kappa shape index (κ2) is 7.41. The van der Waals surface area contributed by atoms with Gasteiger partial charge in [-0.1, -0.05) is 108 Å². The number of rotatable bonds is 0. The van der Waals surface area contributed by atoms with E-state index in [4.69, 9.17) is 0 Å².